The van der Waals surface area contributed by atoms with E-state index in [9.17, 15) is 18.0 Å². The quantitative estimate of drug-likeness (QED) is 0.946. The van der Waals surface area contributed by atoms with Crippen LogP contribution in [0.2, 0.25) is 0 Å². The minimum absolute atomic E-state index is 0.0967. The Morgan fingerprint density at radius 1 is 1.19 bits per heavy atom. The number of rotatable bonds is 3. The third-order valence-corrected chi connectivity index (χ3v) is 3.29. The lowest BCUT2D eigenvalue weighted by Gasteiger charge is -2.12. The third kappa shape index (κ3) is 3.52. The van der Waals surface area contributed by atoms with Crippen molar-refractivity contribution in [2.75, 3.05) is 0 Å². The summed E-state index contributed by atoms with van der Waals surface area (Å²) in [5, 5.41) is 0. The number of hydrogen-bond acceptors (Lipinski definition) is 2. The first-order valence-corrected chi connectivity index (χ1v) is 6.37. The maximum atomic E-state index is 12.7. The summed E-state index contributed by atoms with van der Waals surface area (Å²) in [6.07, 6.45) is -3.62. The average Bonchev–Trinajstić information content (AvgIpc) is 2.42. The summed E-state index contributed by atoms with van der Waals surface area (Å²) in [5.74, 6) is 0. The maximum Gasteiger partial charge on any atom is 0.417 e. The van der Waals surface area contributed by atoms with Crippen molar-refractivity contribution in [3.05, 3.63) is 69.1 Å². The highest BCUT2D eigenvalue weighted by atomic mass is 19.4. The van der Waals surface area contributed by atoms with Crippen LogP contribution in [-0.4, -0.2) is 4.57 Å². The molecule has 0 aliphatic heterocycles. The van der Waals surface area contributed by atoms with Gasteiger partial charge in [-0.1, -0.05) is 18.2 Å². The molecule has 0 fully saturated rings. The van der Waals surface area contributed by atoms with Crippen LogP contribution in [0.1, 0.15) is 22.3 Å². The van der Waals surface area contributed by atoms with Crippen LogP contribution in [0.3, 0.4) is 0 Å². The monoisotopic (exact) mass is 296 g/mol. The molecule has 2 rings (SSSR count). The number of benzene rings is 1. The van der Waals surface area contributed by atoms with Gasteiger partial charge in [-0.05, 0) is 29.7 Å². The Labute approximate surface area is 119 Å². The molecule has 0 radical (unpaired) electrons. The zero-order valence-electron chi connectivity index (χ0n) is 11.4. The summed E-state index contributed by atoms with van der Waals surface area (Å²) < 4.78 is 39.1. The third-order valence-electron chi connectivity index (χ3n) is 3.29. The summed E-state index contributed by atoms with van der Waals surface area (Å²) in [5.41, 5.74) is 6.85. The number of aromatic nitrogens is 1. The maximum absolute atomic E-state index is 12.7. The molecule has 0 spiro atoms. The fraction of sp³-hybridized carbons (Fsp3) is 0.267. The van der Waals surface area contributed by atoms with Gasteiger partial charge in [0.1, 0.15) is 0 Å². The van der Waals surface area contributed by atoms with Crippen molar-refractivity contribution >= 4 is 0 Å². The van der Waals surface area contributed by atoms with Gasteiger partial charge in [-0.3, -0.25) is 4.79 Å². The fourth-order valence-electron chi connectivity index (χ4n) is 2.07. The molecule has 1 aromatic heterocycles. The Hall–Kier alpha value is -2.08. The van der Waals surface area contributed by atoms with Crippen LogP contribution in [0, 0.1) is 6.92 Å². The Morgan fingerprint density at radius 2 is 1.90 bits per heavy atom. The van der Waals surface area contributed by atoms with E-state index in [1.165, 1.54) is 0 Å². The predicted molar refractivity (Wildman–Crippen MR) is 73.9 cm³/mol. The first kappa shape index (κ1) is 15.3. The van der Waals surface area contributed by atoms with E-state index in [-0.39, 0.29) is 6.54 Å². The summed E-state index contributed by atoms with van der Waals surface area (Å²) in [4.78, 5) is 11.7. The smallest absolute Gasteiger partial charge is 0.326 e. The molecule has 0 saturated heterocycles. The molecular weight excluding hydrogens is 281 g/mol. The number of aryl methyl sites for hydroxylation is 1. The molecule has 0 aliphatic carbocycles. The van der Waals surface area contributed by atoms with Gasteiger partial charge in [-0.25, -0.2) is 0 Å². The van der Waals surface area contributed by atoms with Gasteiger partial charge in [0.2, 0.25) is 0 Å². The summed E-state index contributed by atoms with van der Waals surface area (Å²) in [6.45, 7) is 2.33. The highest BCUT2D eigenvalue weighted by Gasteiger charge is 2.31. The van der Waals surface area contributed by atoms with Crippen LogP contribution < -0.4 is 11.3 Å². The van der Waals surface area contributed by atoms with Crippen molar-refractivity contribution < 1.29 is 13.2 Å². The molecule has 1 aromatic carbocycles. The first-order chi connectivity index (χ1) is 9.81. The lowest BCUT2D eigenvalue weighted by molar-refractivity contribution is -0.138. The molecule has 112 valence electrons. The van der Waals surface area contributed by atoms with Crippen molar-refractivity contribution in [2.24, 2.45) is 5.73 Å². The summed E-state index contributed by atoms with van der Waals surface area (Å²) in [6, 6.07) is 7.19. The highest BCUT2D eigenvalue weighted by Crippen LogP contribution is 2.28. The molecule has 1 heterocycles. The van der Waals surface area contributed by atoms with Gasteiger partial charge >= 0.3 is 6.18 Å². The van der Waals surface area contributed by atoms with E-state index in [1.807, 2.05) is 13.0 Å². The molecule has 0 atom stereocenters. The molecule has 0 aliphatic rings. The normalized spacial score (nSPS) is 11.7. The van der Waals surface area contributed by atoms with Crippen molar-refractivity contribution in [2.45, 2.75) is 26.2 Å². The van der Waals surface area contributed by atoms with Crippen molar-refractivity contribution in [3.63, 3.8) is 0 Å². The van der Waals surface area contributed by atoms with E-state index >= 15 is 0 Å². The highest BCUT2D eigenvalue weighted by molar-refractivity contribution is 5.31. The SMILES string of the molecule is Cc1cc(CN)ccc1Cn1cc(C(F)(F)F)ccc1=O. The molecule has 0 bridgehead atoms. The number of nitrogens with two attached hydrogens (primary N) is 1. The zero-order chi connectivity index (χ0) is 15.6. The lowest BCUT2D eigenvalue weighted by atomic mass is 10.0. The van der Waals surface area contributed by atoms with E-state index in [1.54, 1.807) is 12.1 Å². The number of hydrogen-bond donors (Lipinski definition) is 1. The molecule has 0 unspecified atom stereocenters. The molecule has 3 nitrogen and oxygen atoms in total. The van der Waals surface area contributed by atoms with Gasteiger partial charge in [0, 0.05) is 18.8 Å². The van der Waals surface area contributed by atoms with Gasteiger partial charge in [0.15, 0.2) is 0 Å². The van der Waals surface area contributed by atoms with Crippen LogP contribution in [0.25, 0.3) is 0 Å². The minimum Gasteiger partial charge on any atom is -0.326 e. The number of alkyl halides is 3. The van der Waals surface area contributed by atoms with Crippen molar-refractivity contribution in [1.82, 2.24) is 4.57 Å². The van der Waals surface area contributed by atoms with Crippen LogP contribution in [0.15, 0.2) is 41.3 Å². The van der Waals surface area contributed by atoms with E-state index in [0.29, 0.717) is 6.54 Å². The van der Waals surface area contributed by atoms with Crippen LogP contribution in [0.5, 0.6) is 0 Å². The minimum atomic E-state index is -4.46. The molecule has 0 amide bonds. The van der Waals surface area contributed by atoms with E-state index < -0.39 is 17.3 Å². The first-order valence-electron chi connectivity index (χ1n) is 6.37. The Bertz CT molecular complexity index is 705. The molecule has 2 N–H and O–H groups in total. The van der Waals surface area contributed by atoms with E-state index in [4.69, 9.17) is 5.73 Å². The number of pyridine rings is 1. The second-order valence-corrected chi connectivity index (χ2v) is 4.85. The zero-order valence-corrected chi connectivity index (χ0v) is 11.4. The molecule has 21 heavy (non-hydrogen) atoms. The largest absolute Gasteiger partial charge is 0.417 e. The van der Waals surface area contributed by atoms with Crippen molar-refractivity contribution in [1.29, 1.82) is 0 Å². The van der Waals surface area contributed by atoms with Gasteiger partial charge in [-0.2, -0.15) is 13.2 Å². The van der Waals surface area contributed by atoms with Gasteiger partial charge in [-0.15, -0.1) is 0 Å². The van der Waals surface area contributed by atoms with Gasteiger partial charge in [0.25, 0.3) is 5.56 Å². The molecule has 2 aromatic rings. The van der Waals surface area contributed by atoms with Crippen LogP contribution in [-0.2, 0) is 19.3 Å². The molecule has 6 heteroatoms. The summed E-state index contributed by atoms with van der Waals surface area (Å²) in [7, 11) is 0. The standard InChI is InChI=1S/C15H15F3N2O/c1-10-6-11(7-19)2-3-12(10)8-20-9-13(15(16,17)18)4-5-14(20)21/h2-6,9H,7-8,19H2,1H3. The van der Waals surface area contributed by atoms with E-state index in [0.717, 1.165) is 39.6 Å². The number of nitrogens with zero attached hydrogens (tertiary/aromatic N) is 1. The number of halogens is 3. The van der Waals surface area contributed by atoms with Crippen LogP contribution in [0.4, 0.5) is 13.2 Å². The van der Waals surface area contributed by atoms with Crippen LogP contribution >= 0.6 is 0 Å². The average molecular weight is 296 g/mol. The van der Waals surface area contributed by atoms with Gasteiger partial charge < -0.3 is 10.3 Å². The molecule has 0 saturated carbocycles. The second kappa shape index (κ2) is 5.73. The Morgan fingerprint density at radius 3 is 2.48 bits per heavy atom. The van der Waals surface area contributed by atoms with Crippen molar-refractivity contribution in [3.8, 4) is 0 Å². The fourth-order valence-corrected chi connectivity index (χ4v) is 2.07. The summed E-state index contributed by atoms with van der Waals surface area (Å²) >= 11 is 0. The van der Waals surface area contributed by atoms with Gasteiger partial charge in [0.05, 0.1) is 12.1 Å². The molecular formula is C15H15F3N2O. The lowest BCUT2D eigenvalue weighted by Crippen LogP contribution is -2.22. The Kier molecular flexibility index (Phi) is 4.18. The second-order valence-electron chi connectivity index (χ2n) is 4.85. The Balaban J connectivity index is 2.37. The van der Waals surface area contributed by atoms with E-state index in [2.05, 4.69) is 0 Å². The topological polar surface area (TPSA) is 48.0 Å². The predicted octanol–water partition coefficient (Wildman–Crippen LogP) is 2.68.